The van der Waals surface area contributed by atoms with E-state index in [0.29, 0.717) is 0 Å². The molecule has 0 aromatic carbocycles. The molecule has 1 N–H and O–H groups in total. The minimum absolute atomic E-state index is 0.756. The van der Waals surface area contributed by atoms with Crippen molar-refractivity contribution in [3.63, 3.8) is 0 Å². The number of nitriles is 1. The number of hydrogen-bond donors (Lipinski definition) is 1. The predicted octanol–water partition coefficient (Wildman–Crippen LogP) is 3.42. The molecule has 0 atom stereocenters. The lowest BCUT2D eigenvalue weighted by molar-refractivity contribution is 0.318. The van der Waals surface area contributed by atoms with E-state index < -0.39 is 0 Å². The average molecular weight is 206 g/mol. The fourth-order valence-corrected chi connectivity index (χ4v) is 1.26. The quantitative estimate of drug-likeness (QED) is 0.568. The molecule has 0 aliphatic heterocycles. The van der Waals surface area contributed by atoms with Gasteiger partial charge < -0.3 is 5.21 Å². The molecule has 0 spiro atoms. The Labute approximate surface area is 91.4 Å². The van der Waals surface area contributed by atoms with Gasteiger partial charge in [-0.2, -0.15) is 5.26 Å². The van der Waals surface area contributed by atoms with Gasteiger partial charge in [0.15, 0.2) is 0 Å². The van der Waals surface area contributed by atoms with Crippen molar-refractivity contribution in [2.75, 3.05) is 0 Å². The van der Waals surface area contributed by atoms with Crippen LogP contribution < -0.4 is 0 Å². The molecule has 0 unspecified atom stereocenters. The molecule has 0 amide bonds. The third-order valence-electron chi connectivity index (χ3n) is 1.96. The minimum Gasteiger partial charge on any atom is -0.411 e. The third kappa shape index (κ3) is 6.50. The Morgan fingerprint density at radius 3 is 2.80 bits per heavy atom. The molecule has 0 heterocycles. The Hall–Kier alpha value is -1.56. The number of hydrogen-bond acceptors (Lipinski definition) is 3. The van der Waals surface area contributed by atoms with Gasteiger partial charge in [0.1, 0.15) is 0 Å². The average Bonchev–Trinajstić information content (AvgIpc) is 2.28. The molecular formula is C12H18N2O. The second-order valence-electron chi connectivity index (χ2n) is 3.24. The van der Waals surface area contributed by atoms with Gasteiger partial charge in [-0.3, -0.25) is 0 Å². The van der Waals surface area contributed by atoms with E-state index in [0.717, 1.165) is 18.6 Å². The molecule has 1 rings (SSSR count). The van der Waals surface area contributed by atoms with Gasteiger partial charge in [0.2, 0.25) is 0 Å². The molecule has 3 heteroatoms. The summed E-state index contributed by atoms with van der Waals surface area (Å²) in [6.45, 7) is 3.61. The van der Waals surface area contributed by atoms with Gasteiger partial charge in [-0.25, -0.2) is 0 Å². The highest BCUT2D eigenvalue weighted by Gasteiger charge is 2.02. The number of nitrogens with zero attached hydrogens (tertiary/aromatic N) is 2. The van der Waals surface area contributed by atoms with Gasteiger partial charge in [0.05, 0.1) is 11.8 Å². The van der Waals surface area contributed by atoms with E-state index in [2.05, 4.69) is 18.2 Å². The lowest BCUT2D eigenvalue weighted by Gasteiger charge is -2.06. The second kappa shape index (κ2) is 9.01. The summed E-state index contributed by atoms with van der Waals surface area (Å²) in [4.78, 5) is 0. The SMILES string of the molecule is CC#N.CCCCC1=CC(=NO)CC=C1. The van der Waals surface area contributed by atoms with Crippen LogP contribution in [0.3, 0.4) is 0 Å². The summed E-state index contributed by atoms with van der Waals surface area (Å²) in [5, 5.41) is 19.1. The Balaban J connectivity index is 0.000000583. The first-order valence-corrected chi connectivity index (χ1v) is 5.17. The standard InChI is InChI=1S/C10H15NO.C2H3N/c1-2-3-5-9-6-4-7-10(8-9)11-12;1-2-3/h4,6,8,12H,2-3,5,7H2,1H3;1H3. The maximum atomic E-state index is 8.54. The summed E-state index contributed by atoms with van der Waals surface area (Å²) in [7, 11) is 0. The Bertz CT molecular complexity index is 295. The molecule has 0 saturated carbocycles. The van der Waals surface area contributed by atoms with Crippen molar-refractivity contribution < 1.29 is 5.21 Å². The van der Waals surface area contributed by atoms with E-state index in [1.807, 2.05) is 12.2 Å². The lowest BCUT2D eigenvalue weighted by atomic mass is 10.0. The maximum Gasteiger partial charge on any atom is 0.0836 e. The fourth-order valence-electron chi connectivity index (χ4n) is 1.26. The van der Waals surface area contributed by atoms with Gasteiger partial charge in [0.25, 0.3) is 0 Å². The van der Waals surface area contributed by atoms with Crippen LogP contribution in [-0.4, -0.2) is 10.9 Å². The molecular weight excluding hydrogens is 188 g/mol. The van der Waals surface area contributed by atoms with Crippen molar-refractivity contribution in [1.29, 1.82) is 5.26 Å². The maximum absolute atomic E-state index is 8.54. The van der Waals surface area contributed by atoms with Crippen molar-refractivity contribution in [3.05, 3.63) is 23.8 Å². The highest BCUT2D eigenvalue weighted by Crippen LogP contribution is 2.14. The van der Waals surface area contributed by atoms with E-state index in [1.165, 1.54) is 25.3 Å². The predicted molar refractivity (Wildman–Crippen MR) is 61.9 cm³/mol. The monoisotopic (exact) mass is 206 g/mol. The molecule has 0 fully saturated rings. The molecule has 0 saturated heterocycles. The van der Waals surface area contributed by atoms with Crippen LogP contribution in [0.4, 0.5) is 0 Å². The molecule has 0 bridgehead atoms. The normalized spacial score (nSPS) is 16.3. The zero-order chi connectivity index (χ0) is 11.5. The highest BCUT2D eigenvalue weighted by atomic mass is 16.4. The van der Waals surface area contributed by atoms with E-state index >= 15 is 0 Å². The molecule has 82 valence electrons. The van der Waals surface area contributed by atoms with E-state index in [4.69, 9.17) is 10.5 Å². The zero-order valence-electron chi connectivity index (χ0n) is 9.40. The summed E-state index contributed by atoms with van der Waals surface area (Å²) in [6, 6.07) is 1.75. The summed E-state index contributed by atoms with van der Waals surface area (Å²) in [5.74, 6) is 0. The van der Waals surface area contributed by atoms with Crippen LogP contribution in [0.2, 0.25) is 0 Å². The Morgan fingerprint density at radius 1 is 1.60 bits per heavy atom. The molecule has 1 aliphatic carbocycles. The van der Waals surface area contributed by atoms with Crippen LogP contribution in [0.1, 0.15) is 39.5 Å². The zero-order valence-corrected chi connectivity index (χ0v) is 9.40. The van der Waals surface area contributed by atoms with Crippen molar-refractivity contribution in [2.24, 2.45) is 5.16 Å². The molecule has 3 nitrogen and oxygen atoms in total. The smallest absolute Gasteiger partial charge is 0.0836 e. The van der Waals surface area contributed by atoms with E-state index in [9.17, 15) is 0 Å². The lowest BCUT2D eigenvalue weighted by Crippen LogP contribution is -1.98. The third-order valence-corrected chi connectivity index (χ3v) is 1.96. The topological polar surface area (TPSA) is 56.4 Å². The van der Waals surface area contributed by atoms with Crippen LogP contribution >= 0.6 is 0 Å². The minimum atomic E-state index is 0.756. The molecule has 0 aromatic rings. The first kappa shape index (κ1) is 13.4. The molecule has 0 aromatic heterocycles. The molecule has 0 radical (unpaired) electrons. The van der Waals surface area contributed by atoms with Crippen molar-refractivity contribution in [3.8, 4) is 6.07 Å². The fraction of sp³-hybridized carbons (Fsp3) is 0.500. The summed E-state index contributed by atoms with van der Waals surface area (Å²) in [5.41, 5.74) is 2.04. The van der Waals surface area contributed by atoms with Gasteiger partial charge in [0, 0.05) is 13.3 Å². The van der Waals surface area contributed by atoms with Crippen molar-refractivity contribution >= 4 is 5.71 Å². The van der Waals surface area contributed by atoms with E-state index in [-0.39, 0.29) is 0 Å². The summed E-state index contributed by atoms with van der Waals surface area (Å²) < 4.78 is 0. The first-order valence-electron chi connectivity index (χ1n) is 5.17. The summed E-state index contributed by atoms with van der Waals surface area (Å²) in [6.07, 6.45) is 10.4. The van der Waals surface area contributed by atoms with E-state index in [1.54, 1.807) is 6.07 Å². The Morgan fingerprint density at radius 2 is 2.27 bits per heavy atom. The van der Waals surface area contributed by atoms with Crippen LogP contribution in [0.25, 0.3) is 0 Å². The Kier molecular flexibility index (Phi) is 8.08. The number of allylic oxidation sites excluding steroid dienone is 4. The van der Waals surface area contributed by atoms with Gasteiger partial charge in [-0.1, -0.05) is 30.7 Å². The number of rotatable bonds is 3. The van der Waals surface area contributed by atoms with Crippen LogP contribution in [-0.2, 0) is 0 Å². The second-order valence-corrected chi connectivity index (χ2v) is 3.24. The van der Waals surface area contributed by atoms with Crippen LogP contribution in [0, 0.1) is 11.3 Å². The first-order chi connectivity index (χ1) is 7.28. The number of unbranched alkanes of at least 4 members (excludes halogenated alkanes) is 1. The van der Waals surface area contributed by atoms with Crippen LogP contribution in [0.5, 0.6) is 0 Å². The van der Waals surface area contributed by atoms with Gasteiger partial charge in [-0.05, 0) is 24.5 Å². The molecule has 1 aliphatic rings. The van der Waals surface area contributed by atoms with Gasteiger partial charge in [-0.15, -0.1) is 0 Å². The summed E-state index contributed by atoms with van der Waals surface area (Å²) >= 11 is 0. The number of oxime groups is 1. The van der Waals surface area contributed by atoms with Crippen molar-refractivity contribution in [1.82, 2.24) is 0 Å². The van der Waals surface area contributed by atoms with Crippen LogP contribution in [0.15, 0.2) is 29.0 Å². The van der Waals surface area contributed by atoms with Crippen molar-refractivity contribution in [2.45, 2.75) is 39.5 Å². The molecule has 15 heavy (non-hydrogen) atoms. The van der Waals surface area contributed by atoms with Gasteiger partial charge >= 0.3 is 0 Å². The highest BCUT2D eigenvalue weighted by molar-refractivity contribution is 5.97. The largest absolute Gasteiger partial charge is 0.411 e.